The lowest BCUT2D eigenvalue weighted by Gasteiger charge is -2.35. The average Bonchev–Trinajstić information content (AvgIpc) is 3.57. The van der Waals surface area contributed by atoms with Crippen molar-refractivity contribution in [3.05, 3.63) is 58.7 Å². The maximum atomic E-state index is 12.5. The zero-order chi connectivity index (χ0) is 28.8. The van der Waals surface area contributed by atoms with Gasteiger partial charge in [-0.15, -0.1) is 11.3 Å². The van der Waals surface area contributed by atoms with Gasteiger partial charge in [0.15, 0.2) is 11.6 Å². The van der Waals surface area contributed by atoms with Crippen LogP contribution in [0, 0.1) is 0 Å². The minimum Gasteiger partial charge on any atom is -0.444 e. The van der Waals surface area contributed by atoms with Crippen LogP contribution in [0.25, 0.3) is 21.4 Å². The highest BCUT2D eigenvalue weighted by Crippen LogP contribution is 2.43. The molecule has 4 aliphatic rings. The van der Waals surface area contributed by atoms with Crippen molar-refractivity contribution in [2.75, 3.05) is 57.4 Å². The topological polar surface area (TPSA) is 83.4 Å². The van der Waals surface area contributed by atoms with Crippen LogP contribution in [-0.2, 0) is 16.0 Å². The van der Waals surface area contributed by atoms with E-state index in [2.05, 4.69) is 46.2 Å². The molecule has 0 spiro atoms. The van der Waals surface area contributed by atoms with E-state index in [1.54, 1.807) is 11.3 Å². The smallest absolute Gasteiger partial charge is 0.410 e. The molecule has 1 amide bonds. The Morgan fingerprint density at radius 1 is 1.05 bits per heavy atom. The summed E-state index contributed by atoms with van der Waals surface area (Å²) in [5.41, 5.74) is 5.93. The fourth-order valence-corrected chi connectivity index (χ4v) is 7.09. The Bertz CT molecular complexity index is 1620. The molecule has 5 heterocycles. The van der Waals surface area contributed by atoms with Crippen molar-refractivity contribution in [2.45, 2.75) is 39.3 Å². The number of fused-ring (bicyclic) bond motifs is 4. The monoisotopic (exact) mass is 584 g/mol. The van der Waals surface area contributed by atoms with Crippen molar-refractivity contribution in [3.63, 3.8) is 0 Å². The number of amides is 1. The third-order valence-electron chi connectivity index (χ3n) is 7.94. The number of thiophene rings is 1. The molecule has 3 aromatic rings. The molecule has 42 heavy (non-hydrogen) atoms. The van der Waals surface area contributed by atoms with Crippen LogP contribution in [0.3, 0.4) is 0 Å². The molecule has 7 rings (SSSR count). The van der Waals surface area contributed by atoms with Gasteiger partial charge in [0.2, 0.25) is 0 Å². The number of allylic oxidation sites excluding steroid dienone is 4. The quantitative estimate of drug-likeness (QED) is 0.398. The number of nitrogens with zero attached hydrogens (tertiary/aromatic N) is 6. The van der Waals surface area contributed by atoms with Gasteiger partial charge in [-0.1, -0.05) is 30.4 Å². The first-order valence-electron chi connectivity index (χ1n) is 14.7. The van der Waals surface area contributed by atoms with Gasteiger partial charge in [-0.25, -0.2) is 14.8 Å². The maximum absolute atomic E-state index is 12.5. The molecule has 0 bridgehead atoms. The Balaban J connectivity index is 1.19. The molecular weight excluding hydrogens is 548 g/mol. The van der Waals surface area contributed by atoms with Gasteiger partial charge in [-0.3, -0.25) is 9.89 Å². The second-order valence-corrected chi connectivity index (χ2v) is 13.2. The zero-order valence-corrected chi connectivity index (χ0v) is 25.2. The van der Waals surface area contributed by atoms with Gasteiger partial charge in [0.25, 0.3) is 0 Å². The lowest BCUT2D eigenvalue weighted by Crippen LogP contribution is -2.49. The van der Waals surface area contributed by atoms with Gasteiger partial charge in [0.05, 0.1) is 34.8 Å². The van der Waals surface area contributed by atoms with Crippen LogP contribution in [0.1, 0.15) is 43.5 Å². The number of hydrogen-bond acceptors (Lipinski definition) is 9. The number of ether oxygens (including phenoxy) is 2. The molecule has 0 atom stereocenters. The minimum absolute atomic E-state index is 0.229. The molecule has 0 unspecified atom stereocenters. The highest BCUT2D eigenvalue weighted by molar-refractivity contribution is 7.19. The first kappa shape index (κ1) is 27.2. The predicted molar refractivity (Wildman–Crippen MR) is 168 cm³/mol. The largest absolute Gasteiger partial charge is 0.444 e. The summed E-state index contributed by atoms with van der Waals surface area (Å²) in [5.74, 6) is 1.73. The Hall–Kier alpha value is -3.60. The van der Waals surface area contributed by atoms with Crippen molar-refractivity contribution in [1.82, 2.24) is 19.8 Å². The number of piperazine rings is 1. The molecule has 1 aliphatic carbocycles. The average molecular weight is 585 g/mol. The number of carbonyl (C=O) groups is 1. The number of morpholine rings is 1. The van der Waals surface area contributed by atoms with Crippen LogP contribution < -0.4 is 4.90 Å². The van der Waals surface area contributed by atoms with Gasteiger partial charge in [0, 0.05) is 73.8 Å². The van der Waals surface area contributed by atoms with Crippen LogP contribution in [0.15, 0.2) is 47.5 Å². The van der Waals surface area contributed by atoms with E-state index >= 15 is 0 Å². The standard InChI is InChI=1S/C32H36N6O3S/c1-32(2,3)41-31(39)38-13-11-36(12-14-38)20-21-19-26-28(42-21)30(37-15-17-40-18-16-37)35-29(34-26)23-8-6-10-25-27(23)22-7-4-5-9-24(22)33-25/h4-9,19H,10-18,20H2,1-3H3. The van der Waals surface area contributed by atoms with Gasteiger partial charge >= 0.3 is 6.09 Å². The van der Waals surface area contributed by atoms with E-state index in [4.69, 9.17) is 24.4 Å². The molecule has 1 aromatic carbocycles. The molecule has 2 saturated heterocycles. The Morgan fingerprint density at radius 3 is 2.62 bits per heavy atom. The Morgan fingerprint density at radius 2 is 1.83 bits per heavy atom. The normalized spacial score (nSPS) is 19.3. The molecule has 10 heteroatoms. The van der Waals surface area contributed by atoms with Crippen molar-refractivity contribution in [2.24, 2.45) is 4.99 Å². The Kier molecular flexibility index (Phi) is 7.08. The lowest BCUT2D eigenvalue weighted by molar-refractivity contribution is 0.0140. The molecule has 0 N–H and O–H groups in total. The van der Waals surface area contributed by atoms with Crippen molar-refractivity contribution in [3.8, 4) is 0 Å². The second kappa shape index (κ2) is 10.9. The maximum Gasteiger partial charge on any atom is 0.410 e. The summed E-state index contributed by atoms with van der Waals surface area (Å²) in [6.07, 6.45) is 4.92. The van der Waals surface area contributed by atoms with Gasteiger partial charge in [0.1, 0.15) is 5.60 Å². The van der Waals surface area contributed by atoms with Crippen molar-refractivity contribution >= 4 is 56.0 Å². The molecule has 218 valence electrons. The van der Waals surface area contributed by atoms with Crippen LogP contribution in [0.4, 0.5) is 16.3 Å². The number of para-hydroxylation sites is 1. The summed E-state index contributed by atoms with van der Waals surface area (Å²) in [6.45, 7) is 12.5. The van der Waals surface area contributed by atoms with E-state index in [1.807, 2.05) is 31.7 Å². The molecular formula is C32H36N6O3S. The fraction of sp³-hybridized carbons (Fsp3) is 0.438. The van der Waals surface area contributed by atoms with E-state index in [0.717, 1.165) is 89.1 Å². The van der Waals surface area contributed by atoms with Gasteiger partial charge in [-0.2, -0.15) is 0 Å². The van der Waals surface area contributed by atoms with E-state index in [9.17, 15) is 4.79 Å². The zero-order valence-electron chi connectivity index (χ0n) is 24.4. The number of carbonyl (C=O) groups excluding carboxylic acids is 1. The third kappa shape index (κ3) is 5.34. The van der Waals surface area contributed by atoms with E-state index < -0.39 is 5.60 Å². The van der Waals surface area contributed by atoms with Crippen LogP contribution in [0.2, 0.25) is 0 Å². The highest BCUT2D eigenvalue weighted by Gasteiger charge is 2.29. The summed E-state index contributed by atoms with van der Waals surface area (Å²) < 4.78 is 12.4. The number of hydrogen-bond donors (Lipinski definition) is 0. The summed E-state index contributed by atoms with van der Waals surface area (Å²) >= 11 is 1.78. The van der Waals surface area contributed by atoms with Crippen molar-refractivity contribution < 1.29 is 14.3 Å². The molecule has 0 radical (unpaired) electrons. The van der Waals surface area contributed by atoms with E-state index in [1.165, 1.54) is 4.88 Å². The van der Waals surface area contributed by atoms with E-state index in [0.29, 0.717) is 26.3 Å². The fourth-order valence-electron chi connectivity index (χ4n) is 5.93. The first-order valence-corrected chi connectivity index (χ1v) is 15.6. The van der Waals surface area contributed by atoms with Crippen molar-refractivity contribution in [1.29, 1.82) is 0 Å². The summed E-state index contributed by atoms with van der Waals surface area (Å²) in [4.78, 5) is 35.6. The SMILES string of the molecule is CC(C)(C)OC(=O)N1CCN(Cc2cc3nc(C4=C5C(=Nc6ccccc65)CC=C4)nc(N4CCOCC4)c3s2)CC1. The number of rotatable bonds is 4. The number of anilines is 1. The molecule has 2 aromatic heterocycles. The minimum atomic E-state index is -0.483. The summed E-state index contributed by atoms with van der Waals surface area (Å²) in [7, 11) is 0. The van der Waals surface area contributed by atoms with Crippen LogP contribution in [-0.4, -0.2) is 89.7 Å². The molecule has 0 saturated carbocycles. The lowest BCUT2D eigenvalue weighted by atomic mass is 9.91. The summed E-state index contributed by atoms with van der Waals surface area (Å²) in [5, 5.41) is 0. The van der Waals surface area contributed by atoms with Gasteiger partial charge < -0.3 is 19.3 Å². The van der Waals surface area contributed by atoms with Crippen LogP contribution in [0.5, 0.6) is 0 Å². The third-order valence-corrected chi connectivity index (χ3v) is 9.05. The number of benzene rings is 1. The number of aliphatic imine (C=N–C) groups is 1. The molecule has 9 nitrogen and oxygen atoms in total. The molecule has 2 fully saturated rings. The number of aromatic nitrogens is 2. The highest BCUT2D eigenvalue weighted by atomic mass is 32.1. The Labute approximate surface area is 250 Å². The first-order chi connectivity index (χ1) is 20.3. The van der Waals surface area contributed by atoms with Gasteiger partial charge in [-0.05, 0) is 32.9 Å². The summed E-state index contributed by atoms with van der Waals surface area (Å²) in [6, 6.07) is 10.6. The van der Waals surface area contributed by atoms with E-state index in [-0.39, 0.29) is 6.09 Å². The molecule has 3 aliphatic heterocycles. The van der Waals surface area contributed by atoms with Crippen LogP contribution >= 0.6 is 11.3 Å². The second-order valence-electron chi connectivity index (χ2n) is 12.1. The predicted octanol–water partition coefficient (Wildman–Crippen LogP) is 5.54.